The van der Waals surface area contributed by atoms with Crippen LogP contribution in [-0.4, -0.2) is 11.1 Å². The maximum atomic E-state index is 12.6. The van der Waals surface area contributed by atoms with Gasteiger partial charge in [-0.1, -0.05) is 79.0 Å². The summed E-state index contributed by atoms with van der Waals surface area (Å²) in [6.45, 7) is 4.27. The van der Waals surface area contributed by atoms with Crippen molar-refractivity contribution in [1.82, 2.24) is 0 Å². The summed E-state index contributed by atoms with van der Waals surface area (Å²) >= 11 is 0. The minimum atomic E-state index is -0.762. The summed E-state index contributed by atoms with van der Waals surface area (Å²) in [5, 5.41) is 11.9. The first kappa shape index (κ1) is 20.7. The first-order valence-corrected chi connectivity index (χ1v) is 11.8. The SMILES string of the molecule is CC([NH2+]OC(=[O+])c1ccc([C@]2(O)[C@H]3C[C@]2(C)C[C@@H]2CCCC[C@H]23)cc1)c1ccccc1. The zero-order valence-electron chi connectivity index (χ0n) is 18.6. The second-order valence-corrected chi connectivity index (χ2v) is 10.4. The fourth-order valence-electron chi connectivity index (χ4n) is 6.89. The van der Waals surface area contributed by atoms with Gasteiger partial charge in [0, 0.05) is 11.0 Å². The van der Waals surface area contributed by atoms with Crippen molar-refractivity contribution in [2.24, 2.45) is 23.2 Å². The summed E-state index contributed by atoms with van der Waals surface area (Å²) in [6.07, 6.45) is 7.48. The molecule has 5 rings (SSSR count). The molecule has 6 atom stereocenters. The van der Waals surface area contributed by atoms with Crippen LogP contribution in [-0.2, 0) is 10.4 Å². The first-order chi connectivity index (χ1) is 14.9. The Morgan fingerprint density at radius 2 is 1.77 bits per heavy atom. The fourth-order valence-corrected chi connectivity index (χ4v) is 6.89. The summed E-state index contributed by atoms with van der Waals surface area (Å²) in [6, 6.07) is 17.5. The van der Waals surface area contributed by atoms with Crippen LogP contribution in [0.3, 0.4) is 0 Å². The molecule has 31 heavy (non-hydrogen) atoms. The minimum absolute atomic E-state index is 0.0304. The number of carbonyl (C=O) groups excluding carboxylic acids is 1. The molecule has 2 aromatic carbocycles. The molecular weight excluding hydrogens is 386 g/mol. The van der Waals surface area contributed by atoms with E-state index in [1.807, 2.05) is 61.5 Å². The van der Waals surface area contributed by atoms with Crippen LogP contribution in [0.25, 0.3) is 0 Å². The van der Waals surface area contributed by atoms with Crippen molar-refractivity contribution in [3.63, 3.8) is 0 Å². The molecule has 3 aliphatic carbocycles. The summed E-state index contributed by atoms with van der Waals surface area (Å²) in [5.74, 6) is 1.44. The van der Waals surface area contributed by atoms with Gasteiger partial charge in [0.05, 0.1) is 10.4 Å². The summed E-state index contributed by atoms with van der Waals surface area (Å²) in [7, 11) is 0. The summed E-state index contributed by atoms with van der Waals surface area (Å²) in [5.41, 5.74) is 3.39. The van der Waals surface area contributed by atoms with Gasteiger partial charge >= 0.3 is 5.97 Å². The van der Waals surface area contributed by atoms with Crippen molar-refractivity contribution in [3.8, 4) is 0 Å². The Morgan fingerprint density at radius 1 is 1.06 bits per heavy atom. The average Bonchev–Trinajstić information content (AvgIpc) is 2.82. The topological polar surface area (TPSA) is 66.0 Å². The molecule has 2 bridgehead atoms. The van der Waals surface area contributed by atoms with Gasteiger partial charge < -0.3 is 5.11 Å². The molecule has 1 unspecified atom stereocenters. The van der Waals surface area contributed by atoms with Gasteiger partial charge in [-0.05, 0) is 61.6 Å². The Labute approximate surface area is 185 Å². The lowest BCUT2D eigenvalue weighted by Gasteiger charge is -2.69. The molecule has 0 spiro atoms. The van der Waals surface area contributed by atoms with Crippen LogP contribution in [0.2, 0.25) is 0 Å². The van der Waals surface area contributed by atoms with E-state index in [0.29, 0.717) is 17.4 Å². The largest absolute Gasteiger partial charge is 0.669 e. The Hall–Kier alpha value is -2.17. The van der Waals surface area contributed by atoms with Crippen LogP contribution in [0, 0.1) is 23.2 Å². The van der Waals surface area contributed by atoms with Gasteiger partial charge in [0.2, 0.25) is 0 Å². The van der Waals surface area contributed by atoms with Crippen LogP contribution in [0.5, 0.6) is 0 Å². The van der Waals surface area contributed by atoms with Crippen molar-refractivity contribution in [1.29, 1.82) is 0 Å². The standard InChI is InChI=1S/C27H33NO3/c1-18(19-8-4-3-5-9-19)28-31-25(29)20-12-14-22(15-13-20)27(30)24-17-26(27,2)16-21-10-6-7-11-23(21)24/h3-5,8-9,12-15,18,21,23-24,28,30H,6-7,10-11,16-17H2,1-2H3/q+1/p+1/t18?,21-,23+,24-,26-,27-/m0/s1. The zero-order chi connectivity index (χ0) is 21.6. The normalized spacial score (nSPS) is 34.9. The van der Waals surface area contributed by atoms with Crippen LogP contribution in [0.1, 0.15) is 79.9 Å². The van der Waals surface area contributed by atoms with E-state index in [-0.39, 0.29) is 17.4 Å². The molecule has 0 aliphatic heterocycles. The third-order valence-electron chi connectivity index (χ3n) is 8.59. The highest BCUT2D eigenvalue weighted by atomic mass is 16.7. The maximum Gasteiger partial charge on any atom is 0.669 e. The van der Waals surface area contributed by atoms with Crippen molar-refractivity contribution >= 4 is 5.97 Å². The number of hydroxylamine groups is 1. The highest BCUT2D eigenvalue weighted by Gasteiger charge is 2.69. The van der Waals surface area contributed by atoms with Crippen LogP contribution in [0.4, 0.5) is 0 Å². The predicted molar refractivity (Wildman–Crippen MR) is 119 cm³/mol. The number of hydrogen-bond donors (Lipinski definition) is 2. The molecule has 2 aromatic rings. The first-order valence-electron chi connectivity index (χ1n) is 11.8. The molecule has 0 amide bonds. The molecule has 3 N–H and O–H groups in total. The number of hydrogen-bond acceptors (Lipinski definition) is 3. The van der Waals surface area contributed by atoms with Crippen molar-refractivity contribution < 1.29 is 20.2 Å². The van der Waals surface area contributed by atoms with E-state index in [1.165, 1.54) is 25.7 Å². The van der Waals surface area contributed by atoms with Crippen LogP contribution >= 0.6 is 0 Å². The van der Waals surface area contributed by atoms with Crippen LogP contribution < -0.4 is 5.48 Å². The highest BCUT2D eigenvalue weighted by Crippen LogP contribution is 2.71. The van der Waals surface area contributed by atoms with E-state index >= 15 is 0 Å². The molecular formula is C27H34NO3+2. The van der Waals surface area contributed by atoms with Crippen molar-refractivity contribution in [2.45, 2.75) is 64.0 Å². The molecule has 0 aromatic heterocycles. The summed E-state index contributed by atoms with van der Waals surface area (Å²) in [4.78, 5) is 18.0. The molecule has 3 saturated carbocycles. The lowest BCUT2D eigenvalue weighted by molar-refractivity contribution is -0.898. The molecule has 3 aliphatic rings. The molecule has 4 nitrogen and oxygen atoms in total. The lowest BCUT2D eigenvalue weighted by Crippen LogP contribution is -2.84. The third kappa shape index (κ3) is 3.32. The Balaban J connectivity index is 1.27. The maximum absolute atomic E-state index is 12.6. The second-order valence-electron chi connectivity index (χ2n) is 10.4. The number of quaternary nitrogens is 1. The molecule has 163 valence electrons. The third-order valence-corrected chi connectivity index (χ3v) is 8.59. The number of benzene rings is 2. The van der Waals surface area contributed by atoms with Gasteiger partial charge in [-0.15, -0.1) is 0 Å². The Morgan fingerprint density at radius 3 is 2.52 bits per heavy atom. The minimum Gasteiger partial charge on any atom is -0.384 e. The number of rotatable bonds is 5. The van der Waals surface area contributed by atoms with Gasteiger partial charge in [-0.2, -0.15) is 0 Å². The van der Waals surface area contributed by atoms with Gasteiger partial charge in [-0.25, -0.2) is 0 Å². The van der Waals surface area contributed by atoms with Gasteiger partial charge in [-0.3, -0.25) is 0 Å². The van der Waals surface area contributed by atoms with E-state index in [4.69, 9.17) is 4.84 Å². The molecule has 0 saturated heterocycles. The Kier molecular flexibility index (Phi) is 5.18. The summed E-state index contributed by atoms with van der Waals surface area (Å²) < 4.78 is 0. The van der Waals surface area contributed by atoms with E-state index < -0.39 is 5.60 Å². The number of aliphatic hydroxyl groups is 1. The smallest absolute Gasteiger partial charge is 0.384 e. The van der Waals surface area contributed by atoms with Gasteiger partial charge in [0.25, 0.3) is 0 Å². The van der Waals surface area contributed by atoms with E-state index in [9.17, 15) is 9.90 Å². The van der Waals surface area contributed by atoms with Gasteiger partial charge in [0.1, 0.15) is 5.56 Å². The zero-order valence-corrected chi connectivity index (χ0v) is 18.6. The predicted octanol–water partition coefficient (Wildman–Crippen LogP) is 4.51. The van der Waals surface area contributed by atoms with Crippen LogP contribution in [0.15, 0.2) is 54.6 Å². The van der Waals surface area contributed by atoms with Crippen molar-refractivity contribution in [3.05, 3.63) is 71.3 Å². The molecule has 0 heterocycles. The van der Waals surface area contributed by atoms with Crippen molar-refractivity contribution in [2.75, 3.05) is 0 Å². The quantitative estimate of drug-likeness (QED) is 0.553. The fraction of sp³-hybridized carbons (Fsp3) is 0.519. The Bertz CT molecular complexity index is 943. The van der Waals surface area contributed by atoms with E-state index in [1.54, 1.807) is 5.48 Å². The van der Waals surface area contributed by atoms with E-state index in [2.05, 4.69) is 6.92 Å². The monoisotopic (exact) mass is 420 g/mol. The molecule has 3 fully saturated rings. The average molecular weight is 421 g/mol. The number of nitrogens with two attached hydrogens (primary N) is 1. The van der Waals surface area contributed by atoms with Gasteiger partial charge in [0.15, 0.2) is 6.04 Å². The van der Waals surface area contributed by atoms with E-state index in [0.717, 1.165) is 29.9 Å². The number of carbonyl (C=O) groups is 1. The molecule has 1 radical (unpaired) electrons. The number of fused-ring (bicyclic) bond motifs is 4. The lowest BCUT2D eigenvalue weighted by atomic mass is 9.37. The second kappa shape index (κ2) is 7.75. The molecule has 4 heteroatoms. The highest BCUT2D eigenvalue weighted by molar-refractivity contribution is 5.88.